The molecule has 0 aliphatic carbocycles. The molecule has 0 aromatic carbocycles. The van der Waals surface area contributed by atoms with Crippen molar-refractivity contribution < 1.29 is 14.1 Å². The standard InChI is InChI=1S/C17H27N5O3/c1-13-5-3-4-6-22(13)16(23)12-20-7-9-21(10-8-20)17(24)18-15-11-14(2)25-19-15/h11,13H,3-10,12H2,1-2H3,(H,18,19,24). The second-order valence-corrected chi connectivity index (χ2v) is 6.95. The number of anilines is 1. The lowest BCUT2D eigenvalue weighted by atomic mass is 10.0. The maximum absolute atomic E-state index is 12.5. The van der Waals surface area contributed by atoms with Crippen LogP contribution in [0.1, 0.15) is 31.9 Å². The molecule has 138 valence electrons. The number of piperidine rings is 1. The highest BCUT2D eigenvalue weighted by molar-refractivity contribution is 5.88. The van der Waals surface area contributed by atoms with Crippen LogP contribution in [0.25, 0.3) is 0 Å². The average molecular weight is 349 g/mol. The Labute approximate surface area is 148 Å². The molecular weight excluding hydrogens is 322 g/mol. The van der Waals surface area contributed by atoms with Crippen LogP contribution in [-0.4, -0.2) is 77.1 Å². The van der Waals surface area contributed by atoms with Gasteiger partial charge in [-0.1, -0.05) is 5.16 Å². The summed E-state index contributed by atoms with van der Waals surface area (Å²) in [6.45, 7) is 7.85. The average Bonchev–Trinajstić information content (AvgIpc) is 3.00. The number of urea groups is 1. The third kappa shape index (κ3) is 4.50. The minimum atomic E-state index is -0.177. The van der Waals surface area contributed by atoms with Gasteiger partial charge in [0.15, 0.2) is 5.82 Å². The van der Waals surface area contributed by atoms with Gasteiger partial charge in [0.2, 0.25) is 5.91 Å². The fourth-order valence-corrected chi connectivity index (χ4v) is 3.47. The van der Waals surface area contributed by atoms with Gasteiger partial charge in [-0.2, -0.15) is 0 Å². The molecule has 0 saturated carbocycles. The van der Waals surface area contributed by atoms with Crippen LogP contribution >= 0.6 is 0 Å². The van der Waals surface area contributed by atoms with Gasteiger partial charge in [0.25, 0.3) is 0 Å². The van der Waals surface area contributed by atoms with Crippen molar-refractivity contribution in [2.45, 2.75) is 39.2 Å². The molecule has 2 saturated heterocycles. The number of piperazine rings is 1. The first-order valence-electron chi connectivity index (χ1n) is 9.04. The van der Waals surface area contributed by atoms with E-state index in [4.69, 9.17) is 4.52 Å². The van der Waals surface area contributed by atoms with E-state index in [0.29, 0.717) is 50.3 Å². The Morgan fingerprint density at radius 2 is 2.00 bits per heavy atom. The molecule has 8 heteroatoms. The van der Waals surface area contributed by atoms with Crippen molar-refractivity contribution in [3.05, 3.63) is 11.8 Å². The van der Waals surface area contributed by atoms with Crippen molar-refractivity contribution in [1.82, 2.24) is 19.9 Å². The van der Waals surface area contributed by atoms with E-state index in [2.05, 4.69) is 22.3 Å². The first kappa shape index (κ1) is 17.7. The Kier molecular flexibility index (Phi) is 5.57. The Morgan fingerprint density at radius 3 is 2.64 bits per heavy atom. The summed E-state index contributed by atoms with van der Waals surface area (Å²) in [5.74, 6) is 1.30. The fourth-order valence-electron chi connectivity index (χ4n) is 3.47. The number of aromatic nitrogens is 1. The number of likely N-dealkylation sites (tertiary alicyclic amines) is 1. The van der Waals surface area contributed by atoms with Crippen molar-refractivity contribution >= 4 is 17.8 Å². The minimum absolute atomic E-state index is 0.177. The molecule has 0 bridgehead atoms. The topological polar surface area (TPSA) is 81.9 Å². The summed E-state index contributed by atoms with van der Waals surface area (Å²) in [5.41, 5.74) is 0. The highest BCUT2D eigenvalue weighted by Crippen LogP contribution is 2.17. The number of nitrogens with zero attached hydrogens (tertiary/aromatic N) is 4. The van der Waals surface area contributed by atoms with Gasteiger partial charge in [-0.25, -0.2) is 4.79 Å². The molecule has 3 amide bonds. The fraction of sp³-hybridized carbons (Fsp3) is 0.706. The van der Waals surface area contributed by atoms with Gasteiger partial charge in [0, 0.05) is 44.8 Å². The molecular formula is C17H27N5O3. The first-order chi connectivity index (χ1) is 12.0. The van der Waals surface area contributed by atoms with Crippen molar-refractivity contribution in [2.24, 2.45) is 0 Å². The predicted octanol–water partition coefficient (Wildman–Crippen LogP) is 1.53. The summed E-state index contributed by atoms with van der Waals surface area (Å²) in [6.07, 6.45) is 3.41. The number of carbonyl (C=O) groups is 2. The Balaban J connectivity index is 1.43. The molecule has 0 radical (unpaired) electrons. The monoisotopic (exact) mass is 349 g/mol. The van der Waals surface area contributed by atoms with Gasteiger partial charge >= 0.3 is 6.03 Å². The third-order valence-electron chi connectivity index (χ3n) is 5.00. The number of hydrogen-bond donors (Lipinski definition) is 1. The van der Waals surface area contributed by atoms with E-state index in [1.807, 2.05) is 4.90 Å². The van der Waals surface area contributed by atoms with Crippen LogP contribution in [0.15, 0.2) is 10.6 Å². The SMILES string of the molecule is Cc1cc(NC(=O)N2CCN(CC(=O)N3CCCCC3C)CC2)no1. The van der Waals surface area contributed by atoms with Crippen LogP contribution in [-0.2, 0) is 4.79 Å². The van der Waals surface area contributed by atoms with Gasteiger partial charge in [0.05, 0.1) is 6.54 Å². The number of aryl methyl sites for hydroxylation is 1. The quantitative estimate of drug-likeness (QED) is 0.895. The third-order valence-corrected chi connectivity index (χ3v) is 5.00. The maximum atomic E-state index is 12.5. The van der Waals surface area contributed by atoms with Crippen molar-refractivity contribution in [2.75, 3.05) is 44.6 Å². The van der Waals surface area contributed by atoms with Gasteiger partial charge in [-0.15, -0.1) is 0 Å². The highest BCUT2D eigenvalue weighted by atomic mass is 16.5. The number of nitrogens with one attached hydrogen (secondary N) is 1. The van der Waals surface area contributed by atoms with Gasteiger partial charge < -0.3 is 14.3 Å². The van der Waals surface area contributed by atoms with Gasteiger partial charge in [0.1, 0.15) is 5.76 Å². The van der Waals surface area contributed by atoms with Gasteiger partial charge in [-0.3, -0.25) is 15.0 Å². The molecule has 1 unspecified atom stereocenters. The lowest BCUT2D eigenvalue weighted by molar-refractivity contribution is -0.136. The first-order valence-corrected chi connectivity index (χ1v) is 9.04. The van der Waals surface area contributed by atoms with Crippen LogP contribution in [0.3, 0.4) is 0 Å². The number of amides is 3. The van der Waals surface area contributed by atoms with Crippen LogP contribution in [0.4, 0.5) is 10.6 Å². The number of carbonyl (C=O) groups excluding carboxylic acids is 2. The minimum Gasteiger partial charge on any atom is -0.360 e. The smallest absolute Gasteiger partial charge is 0.323 e. The molecule has 3 heterocycles. The zero-order valence-electron chi connectivity index (χ0n) is 15.0. The van der Waals surface area contributed by atoms with Crippen molar-refractivity contribution in [1.29, 1.82) is 0 Å². The summed E-state index contributed by atoms with van der Waals surface area (Å²) in [6, 6.07) is 1.86. The maximum Gasteiger partial charge on any atom is 0.323 e. The molecule has 1 aromatic heterocycles. The van der Waals surface area contributed by atoms with Crippen LogP contribution in [0, 0.1) is 6.92 Å². The predicted molar refractivity (Wildman–Crippen MR) is 93.3 cm³/mol. The molecule has 2 aliphatic heterocycles. The molecule has 1 aromatic rings. The number of rotatable bonds is 3. The molecule has 0 spiro atoms. The summed E-state index contributed by atoms with van der Waals surface area (Å²) >= 11 is 0. The van der Waals surface area contributed by atoms with Gasteiger partial charge in [-0.05, 0) is 33.1 Å². The van der Waals surface area contributed by atoms with E-state index >= 15 is 0 Å². The van der Waals surface area contributed by atoms with Crippen LogP contribution in [0.5, 0.6) is 0 Å². The Hall–Kier alpha value is -2.09. The molecule has 25 heavy (non-hydrogen) atoms. The Morgan fingerprint density at radius 1 is 1.24 bits per heavy atom. The van der Waals surface area contributed by atoms with E-state index in [9.17, 15) is 9.59 Å². The summed E-state index contributed by atoms with van der Waals surface area (Å²) < 4.78 is 4.95. The van der Waals surface area contributed by atoms with E-state index in [1.165, 1.54) is 6.42 Å². The molecule has 2 fully saturated rings. The highest BCUT2D eigenvalue weighted by Gasteiger charge is 2.27. The van der Waals surface area contributed by atoms with Crippen LogP contribution in [0.2, 0.25) is 0 Å². The summed E-state index contributed by atoms with van der Waals surface area (Å²) in [4.78, 5) is 30.6. The van der Waals surface area contributed by atoms with E-state index in [-0.39, 0.29) is 11.9 Å². The Bertz CT molecular complexity index is 609. The van der Waals surface area contributed by atoms with Crippen LogP contribution < -0.4 is 5.32 Å². The zero-order chi connectivity index (χ0) is 17.8. The van der Waals surface area contributed by atoms with E-state index < -0.39 is 0 Å². The van der Waals surface area contributed by atoms with Crippen molar-refractivity contribution in [3.63, 3.8) is 0 Å². The lowest BCUT2D eigenvalue weighted by Crippen LogP contribution is -2.53. The summed E-state index contributed by atoms with van der Waals surface area (Å²) in [7, 11) is 0. The van der Waals surface area contributed by atoms with E-state index in [0.717, 1.165) is 19.4 Å². The second-order valence-electron chi connectivity index (χ2n) is 6.95. The molecule has 8 nitrogen and oxygen atoms in total. The second kappa shape index (κ2) is 7.86. The number of hydrogen-bond acceptors (Lipinski definition) is 5. The molecule has 1 atom stereocenters. The largest absolute Gasteiger partial charge is 0.360 e. The molecule has 2 aliphatic rings. The van der Waals surface area contributed by atoms with E-state index in [1.54, 1.807) is 17.9 Å². The molecule has 1 N–H and O–H groups in total. The normalized spacial score (nSPS) is 22.1. The summed E-state index contributed by atoms with van der Waals surface area (Å²) in [5, 5.41) is 6.50. The zero-order valence-corrected chi connectivity index (χ0v) is 15.0. The molecule has 3 rings (SSSR count). The lowest BCUT2D eigenvalue weighted by Gasteiger charge is -2.37. The van der Waals surface area contributed by atoms with Crippen molar-refractivity contribution in [3.8, 4) is 0 Å².